The van der Waals surface area contributed by atoms with Gasteiger partial charge in [-0.3, -0.25) is 0 Å². The van der Waals surface area contributed by atoms with Crippen LogP contribution in [0.3, 0.4) is 0 Å². The molecule has 1 unspecified atom stereocenters. The maximum atomic E-state index is 9.88. The standard InChI is InChI=1S/C15H22O2/c1-11(2)17-10-15(16)9-12-6-7-13-4-3-5-14(13)8-12/h6-8,11,15-16H,3-5,9-10H2,1-2H3. The quantitative estimate of drug-likeness (QED) is 0.848. The molecule has 2 rings (SSSR count). The van der Waals surface area contributed by atoms with Crippen molar-refractivity contribution in [2.75, 3.05) is 6.61 Å². The molecule has 0 spiro atoms. The van der Waals surface area contributed by atoms with Gasteiger partial charge in [-0.05, 0) is 49.8 Å². The fourth-order valence-electron chi connectivity index (χ4n) is 2.39. The summed E-state index contributed by atoms with van der Waals surface area (Å²) < 4.78 is 5.42. The minimum atomic E-state index is -0.392. The van der Waals surface area contributed by atoms with Gasteiger partial charge in [-0.25, -0.2) is 0 Å². The number of hydrogen-bond donors (Lipinski definition) is 1. The molecule has 94 valence electrons. The molecule has 1 aromatic carbocycles. The lowest BCUT2D eigenvalue weighted by Crippen LogP contribution is -2.20. The van der Waals surface area contributed by atoms with Gasteiger partial charge in [0.25, 0.3) is 0 Å². The van der Waals surface area contributed by atoms with Crippen molar-refractivity contribution >= 4 is 0 Å². The maximum Gasteiger partial charge on any atom is 0.0814 e. The molecule has 0 saturated heterocycles. The van der Waals surface area contributed by atoms with Crippen LogP contribution in [0.1, 0.15) is 37.0 Å². The van der Waals surface area contributed by atoms with Crippen molar-refractivity contribution in [2.45, 2.75) is 51.7 Å². The van der Waals surface area contributed by atoms with Crippen LogP contribution in [-0.2, 0) is 24.0 Å². The number of ether oxygens (including phenoxy) is 1. The third-order valence-electron chi connectivity index (χ3n) is 3.26. The van der Waals surface area contributed by atoms with Crippen molar-refractivity contribution in [2.24, 2.45) is 0 Å². The van der Waals surface area contributed by atoms with Crippen LogP contribution in [0, 0.1) is 0 Å². The highest BCUT2D eigenvalue weighted by atomic mass is 16.5. The van der Waals surface area contributed by atoms with Gasteiger partial charge in [-0.2, -0.15) is 0 Å². The molecule has 0 heterocycles. The van der Waals surface area contributed by atoms with E-state index in [9.17, 15) is 5.11 Å². The van der Waals surface area contributed by atoms with Crippen molar-refractivity contribution in [3.05, 3.63) is 34.9 Å². The molecule has 1 aliphatic carbocycles. The topological polar surface area (TPSA) is 29.5 Å². The van der Waals surface area contributed by atoms with Gasteiger partial charge >= 0.3 is 0 Å². The summed E-state index contributed by atoms with van der Waals surface area (Å²) in [4.78, 5) is 0. The van der Waals surface area contributed by atoms with Gasteiger partial charge in [0.2, 0.25) is 0 Å². The second-order valence-corrected chi connectivity index (χ2v) is 5.20. The predicted octanol–water partition coefficient (Wildman–Crippen LogP) is 2.50. The first-order chi connectivity index (χ1) is 8.15. The first kappa shape index (κ1) is 12.6. The van der Waals surface area contributed by atoms with Crippen LogP contribution in [0.2, 0.25) is 0 Å². The molecule has 0 aromatic heterocycles. The zero-order valence-electron chi connectivity index (χ0n) is 10.8. The van der Waals surface area contributed by atoms with Crippen molar-refractivity contribution in [3.8, 4) is 0 Å². The van der Waals surface area contributed by atoms with Gasteiger partial charge in [-0.1, -0.05) is 18.2 Å². The van der Waals surface area contributed by atoms with Gasteiger partial charge in [0.15, 0.2) is 0 Å². The fraction of sp³-hybridized carbons (Fsp3) is 0.600. The normalized spacial score (nSPS) is 16.2. The smallest absolute Gasteiger partial charge is 0.0814 e. The Morgan fingerprint density at radius 1 is 1.24 bits per heavy atom. The maximum absolute atomic E-state index is 9.88. The Hall–Kier alpha value is -0.860. The molecular weight excluding hydrogens is 212 g/mol. The van der Waals surface area contributed by atoms with E-state index >= 15 is 0 Å². The zero-order valence-corrected chi connectivity index (χ0v) is 10.8. The molecule has 1 atom stereocenters. The minimum absolute atomic E-state index is 0.185. The third kappa shape index (κ3) is 3.55. The lowest BCUT2D eigenvalue weighted by atomic mass is 10.0. The van der Waals surface area contributed by atoms with E-state index in [1.807, 2.05) is 13.8 Å². The highest BCUT2D eigenvalue weighted by Crippen LogP contribution is 2.23. The van der Waals surface area contributed by atoms with E-state index in [0.29, 0.717) is 13.0 Å². The lowest BCUT2D eigenvalue weighted by molar-refractivity contribution is 0.00621. The van der Waals surface area contributed by atoms with Crippen molar-refractivity contribution in [1.82, 2.24) is 0 Å². The number of aliphatic hydroxyl groups is 1. The van der Waals surface area contributed by atoms with Crippen molar-refractivity contribution in [1.29, 1.82) is 0 Å². The van der Waals surface area contributed by atoms with Crippen LogP contribution < -0.4 is 0 Å². The summed E-state index contributed by atoms with van der Waals surface area (Å²) >= 11 is 0. The second-order valence-electron chi connectivity index (χ2n) is 5.20. The summed E-state index contributed by atoms with van der Waals surface area (Å²) in [5.74, 6) is 0. The third-order valence-corrected chi connectivity index (χ3v) is 3.26. The van der Waals surface area contributed by atoms with E-state index in [-0.39, 0.29) is 6.10 Å². The largest absolute Gasteiger partial charge is 0.390 e. The summed E-state index contributed by atoms with van der Waals surface area (Å²) in [5, 5.41) is 9.88. The molecule has 0 bridgehead atoms. The van der Waals surface area contributed by atoms with Crippen LogP contribution in [-0.4, -0.2) is 23.9 Å². The molecule has 0 saturated carbocycles. The van der Waals surface area contributed by atoms with E-state index in [1.54, 1.807) is 0 Å². The number of aliphatic hydroxyl groups excluding tert-OH is 1. The van der Waals surface area contributed by atoms with E-state index in [2.05, 4.69) is 18.2 Å². The monoisotopic (exact) mass is 234 g/mol. The molecule has 1 N–H and O–H groups in total. The average Bonchev–Trinajstić information content (AvgIpc) is 2.73. The highest BCUT2D eigenvalue weighted by molar-refractivity contribution is 5.35. The van der Waals surface area contributed by atoms with Gasteiger partial charge < -0.3 is 9.84 Å². The Labute approximate surface area is 104 Å². The molecule has 17 heavy (non-hydrogen) atoms. The van der Waals surface area contributed by atoms with Crippen LogP contribution in [0.5, 0.6) is 0 Å². The van der Waals surface area contributed by atoms with E-state index in [0.717, 1.165) is 0 Å². The summed E-state index contributed by atoms with van der Waals surface area (Å²) in [6.07, 6.45) is 4.18. The minimum Gasteiger partial charge on any atom is -0.390 e. The average molecular weight is 234 g/mol. The van der Waals surface area contributed by atoms with Gasteiger partial charge in [0.05, 0.1) is 18.8 Å². The van der Waals surface area contributed by atoms with Gasteiger partial charge in [0, 0.05) is 6.42 Å². The molecule has 1 aromatic rings. The zero-order chi connectivity index (χ0) is 12.3. The Bertz CT molecular complexity index is 371. The molecule has 0 fully saturated rings. The number of hydrogen-bond acceptors (Lipinski definition) is 2. The van der Waals surface area contributed by atoms with Crippen LogP contribution in [0.15, 0.2) is 18.2 Å². The van der Waals surface area contributed by atoms with Crippen LogP contribution >= 0.6 is 0 Å². The van der Waals surface area contributed by atoms with Crippen molar-refractivity contribution < 1.29 is 9.84 Å². The summed E-state index contributed by atoms with van der Waals surface area (Å²) in [6.45, 7) is 4.40. The van der Waals surface area contributed by atoms with E-state index in [4.69, 9.17) is 4.74 Å². The summed E-state index contributed by atoms with van der Waals surface area (Å²) in [5.41, 5.74) is 4.19. The number of fused-ring (bicyclic) bond motifs is 1. The molecule has 0 aliphatic heterocycles. The Morgan fingerprint density at radius 2 is 2.00 bits per heavy atom. The molecule has 0 radical (unpaired) electrons. The predicted molar refractivity (Wildman–Crippen MR) is 69.3 cm³/mol. The number of rotatable bonds is 5. The van der Waals surface area contributed by atoms with Gasteiger partial charge in [0.1, 0.15) is 0 Å². The van der Waals surface area contributed by atoms with E-state index in [1.165, 1.54) is 36.0 Å². The fourth-order valence-corrected chi connectivity index (χ4v) is 2.39. The highest BCUT2D eigenvalue weighted by Gasteiger charge is 2.12. The molecule has 2 nitrogen and oxygen atoms in total. The number of benzene rings is 1. The molecule has 1 aliphatic rings. The van der Waals surface area contributed by atoms with Gasteiger partial charge in [-0.15, -0.1) is 0 Å². The Morgan fingerprint density at radius 3 is 2.76 bits per heavy atom. The number of aryl methyl sites for hydroxylation is 2. The molecule has 2 heteroatoms. The first-order valence-corrected chi connectivity index (χ1v) is 6.55. The second kappa shape index (κ2) is 5.65. The lowest BCUT2D eigenvalue weighted by Gasteiger charge is -2.14. The Balaban J connectivity index is 1.90. The summed E-state index contributed by atoms with van der Waals surface area (Å²) in [7, 11) is 0. The van der Waals surface area contributed by atoms with Crippen LogP contribution in [0.25, 0.3) is 0 Å². The first-order valence-electron chi connectivity index (χ1n) is 6.55. The summed E-state index contributed by atoms with van der Waals surface area (Å²) in [6, 6.07) is 6.61. The van der Waals surface area contributed by atoms with Crippen molar-refractivity contribution in [3.63, 3.8) is 0 Å². The van der Waals surface area contributed by atoms with E-state index < -0.39 is 6.10 Å². The molecule has 0 amide bonds. The molecular formula is C15H22O2. The van der Waals surface area contributed by atoms with Crippen LogP contribution in [0.4, 0.5) is 0 Å². The Kier molecular flexibility index (Phi) is 4.19. The SMILES string of the molecule is CC(C)OCC(O)Cc1ccc2c(c1)CCC2.